The Balaban J connectivity index is 2.11. The van der Waals surface area contributed by atoms with Gasteiger partial charge < -0.3 is 15.1 Å². The number of hydrazine groups is 1. The number of hydrogen-bond acceptors (Lipinski definition) is 8. The van der Waals surface area contributed by atoms with Gasteiger partial charge in [0.2, 0.25) is 5.88 Å². The zero-order valence-corrected chi connectivity index (χ0v) is 18.9. The van der Waals surface area contributed by atoms with Crippen molar-refractivity contribution < 1.29 is 4.74 Å². The molecule has 0 saturated heterocycles. The molecule has 0 aliphatic rings. The normalized spacial score (nSPS) is 11.0. The maximum atomic E-state index is 5.89. The van der Waals surface area contributed by atoms with Gasteiger partial charge in [-0.15, -0.1) is 0 Å². The van der Waals surface area contributed by atoms with Gasteiger partial charge in [-0.1, -0.05) is 13.8 Å². The summed E-state index contributed by atoms with van der Waals surface area (Å²) in [5.74, 6) is 1.29. The summed E-state index contributed by atoms with van der Waals surface area (Å²) in [6, 6.07) is 6.18. The van der Waals surface area contributed by atoms with Crippen LogP contribution in [0.2, 0.25) is 0 Å². The van der Waals surface area contributed by atoms with E-state index in [1.165, 1.54) is 0 Å². The average Bonchev–Trinajstić information content (AvgIpc) is 3.30. The number of pyridine rings is 2. The number of aryl methyl sites for hydroxylation is 1. The van der Waals surface area contributed by atoms with Crippen LogP contribution in [-0.4, -0.2) is 44.8 Å². The third kappa shape index (κ3) is 5.29. The van der Waals surface area contributed by atoms with Crippen molar-refractivity contribution >= 4 is 11.4 Å². The van der Waals surface area contributed by atoms with Crippen molar-refractivity contribution in [1.29, 1.82) is 0 Å². The topological polar surface area (TPSA) is 104 Å². The highest BCUT2D eigenvalue weighted by Crippen LogP contribution is 2.36. The molecule has 0 fully saturated rings. The van der Waals surface area contributed by atoms with Gasteiger partial charge in [0.15, 0.2) is 5.82 Å². The van der Waals surface area contributed by atoms with Gasteiger partial charge >= 0.3 is 0 Å². The van der Waals surface area contributed by atoms with E-state index in [1.54, 1.807) is 12.5 Å². The number of ether oxygens (including phenoxy) is 1. The Bertz CT molecular complexity index is 958. The lowest BCUT2D eigenvalue weighted by Crippen LogP contribution is -2.42. The van der Waals surface area contributed by atoms with E-state index in [-0.39, 0.29) is 6.04 Å². The molecular formula is C22H32N8O. The molecule has 0 aromatic carbocycles. The monoisotopic (exact) mass is 424 g/mol. The molecule has 0 unspecified atom stereocenters. The van der Waals surface area contributed by atoms with E-state index in [0.717, 1.165) is 41.2 Å². The largest absolute Gasteiger partial charge is 0.477 e. The summed E-state index contributed by atoms with van der Waals surface area (Å²) in [5, 5.41) is 12.5. The Kier molecular flexibility index (Phi) is 7.77. The second-order valence-electron chi connectivity index (χ2n) is 7.36. The summed E-state index contributed by atoms with van der Waals surface area (Å²) < 4.78 is 5.89. The number of aromatic nitrogens is 5. The van der Waals surface area contributed by atoms with Crippen LogP contribution in [-0.2, 0) is 13.0 Å². The number of hydrogen-bond donors (Lipinski definition) is 3. The lowest BCUT2D eigenvalue weighted by Gasteiger charge is -2.31. The molecule has 0 saturated carbocycles. The minimum Gasteiger partial charge on any atom is -0.477 e. The molecule has 0 aliphatic carbocycles. The molecule has 3 aromatic rings. The smallest absolute Gasteiger partial charge is 0.222 e. The number of H-pyrrole nitrogens is 1. The number of rotatable bonds is 11. The van der Waals surface area contributed by atoms with E-state index in [9.17, 15) is 0 Å². The molecule has 0 bridgehead atoms. The van der Waals surface area contributed by atoms with Crippen LogP contribution >= 0.6 is 0 Å². The zero-order valence-electron chi connectivity index (χ0n) is 18.9. The van der Waals surface area contributed by atoms with Gasteiger partial charge in [0, 0.05) is 19.3 Å². The Hall–Kier alpha value is -3.20. The molecule has 0 atom stereocenters. The minimum atomic E-state index is 0.230. The fourth-order valence-corrected chi connectivity index (χ4v) is 3.40. The van der Waals surface area contributed by atoms with Crippen molar-refractivity contribution in [2.45, 2.75) is 53.1 Å². The molecule has 3 aromatic heterocycles. The van der Waals surface area contributed by atoms with Crippen LogP contribution in [0.3, 0.4) is 0 Å². The first kappa shape index (κ1) is 22.5. The molecule has 3 rings (SSSR count). The third-order valence-corrected chi connectivity index (χ3v) is 4.79. The van der Waals surface area contributed by atoms with Gasteiger partial charge in [0.1, 0.15) is 6.33 Å². The van der Waals surface area contributed by atoms with E-state index in [4.69, 9.17) is 9.72 Å². The van der Waals surface area contributed by atoms with Crippen molar-refractivity contribution in [2.75, 3.05) is 24.0 Å². The maximum absolute atomic E-state index is 5.89. The van der Waals surface area contributed by atoms with E-state index in [2.05, 4.69) is 63.6 Å². The van der Waals surface area contributed by atoms with Crippen LogP contribution < -0.4 is 20.5 Å². The molecule has 9 heteroatoms. The molecule has 0 spiro atoms. The molecule has 3 heterocycles. The Morgan fingerprint density at radius 3 is 2.71 bits per heavy atom. The Morgan fingerprint density at radius 1 is 1.23 bits per heavy atom. The first-order valence-electron chi connectivity index (χ1n) is 10.8. The standard InChI is InChI=1S/C22H32N8O/c1-6-11-31-22-16(9-8-10-24-22)18-12-19(25-13-20-26-14-27-29-20)21(17(7-2)28-18)30(23-5)15(3)4/h8-10,12,14-15,23H,6-7,11,13H2,1-5H3,(H,25,28)(H,26,27,29). The van der Waals surface area contributed by atoms with Gasteiger partial charge in [0.25, 0.3) is 0 Å². The number of nitrogens with one attached hydrogen (secondary N) is 3. The first-order chi connectivity index (χ1) is 15.1. The van der Waals surface area contributed by atoms with Gasteiger partial charge in [0.05, 0.1) is 41.5 Å². The summed E-state index contributed by atoms with van der Waals surface area (Å²) in [7, 11) is 1.92. The molecule has 9 nitrogen and oxygen atoms in total. The predicted molar refractivity (Wildman–Crippen MR) is 123 cm³/mol. The Labute approximate surface area is 183 Å². The summed E-state index contributed by atoms with van der Waals surface area (Å²) >= 11 is 0. The predicted octanol–water partition coefficient (Wildman–Crippen LogP) is 3.57. The van der Waals surface area contributed by atoms with Gasteiger partial charge in [-0.3, -0.25) is 10.1 Å². The fourth-order valence-electron chi connectivity index (χ4n) is 3.40. The van der Waals surface area contributed by atoms with Gasteiger partial charge in [-0.25, -0.2) is 15.4 Å². The van der Waals surface area contributed by atoms with Gasteiger partial charge in [-0.2, -0.15) is 5.10 Å². The molecule has 31 heavy (non-hydrogen) atoms. The van der Waals surface area contributed by atoms with E-state index in [1.807, 2.05) is 25.2 Å². The van der Waals surface area contributed by atoms with E-state index >= 15 is 0 Å². The van der Waals surface area contributed by atoms with Crippen LogP contribution in [0, 0.1) is 0 Å². The fraction of sp³-hybridized carbons (Fsp3) is 0.455. The highest BCUT2D eigenvalue weighted by Gasteiger charge is 2.21. The second kappa shape index (κ2) is 10.7. The van der Waals surface area contributed by atoms with Crippen molar-refractivity contribution in [3.05, 3.63) is 42.2 Å². The van der Waals surface area contributed by atoms with E-state index in [0.29, 0.717) is 24.9 Å². The lowest BCUT2D eigenvalue weighted by atomic mass is 10.1. The lowest BCUT2D eigenvalue weighted by molar-refractivity contribution is 0.306. The van der Waals surface area contributed by atoms with Crippen molar-refractivity contribution in [3.63, 3.8) is 0 Å². The second-order valence-corrected chi connectivity index (χ2v) is 7.36. The third-order valence-electron chi connectivity index (χ3n) is 4.79. The number of nitrogens with zero attached hydrogens (tertiary/aromatic N) is 5. The molecule has 0 amide bonds. The number of aromatic amines is 1. The summed E-state index contributed by atoms with van der Waals surface area (Å²) in [6.45, 7) is 9.57. The first-order valence-corrected chi connectivity index (χ1v) is 10.8. The quantitative estimate of drug-likeness (QED) is 0.401. The highest BCUT2D eigenvalue weighted by molar-refractivity contribution is 5.79. The molecule has 166 valence electrons. The molecule has 3 N–H and O–H groups in total. The molecular weight excluding hydrogens is 392 g/mol. The van der Waals surface area contributed by atoms with Crippen LogP contribution in [0.15, 0.2) is 30.7 Å². The van der Waals surface area contributed by atoms with Gasteiger partial charge in [-0.05, 0) is 44.9 Å². The zero-order chi connectivity index (χ0) is 22.2. The summed E-state index contributed by atoms with van der Waals surface area (Å²) in [5.41, 5.74) is 7.93. The minimum absolute atomic E-state index is 0.230. The highest BCUT2D eigenvalue weighted by atomic mass is 16.5. The Morgan fingerprint density at radius 2 is 2.06 bits per heavy atom. The van der Waals surface area contributed by atoms with Crippen LogP contribution in [0.1, 0.15) is 45.6 Å². The van der Waals surface area contributed by atoms with E-state index < -0.39 is 0 Å². The average molecular weight is 425 g/mol. The van der Waals surface area contributed by atoms with Crippen molar-refractivity contribution in [3.8, 4) is 17.1 Å². The SMILES string of the molecule is CCCOc1ncccc1-c1cc(NCc2nc[nH]n2)c(N(NC)C(C)C)c(CC)n1. The summed E-state index contributed by atoms with van der Waals surface area (Å²) in [6.07, 6.45) is 5.01. The summed E-state index contributed by atoms with van der Waals surface area (Å²) in [4.78, 5) is 13.7. The maximum Gasteiger partial charge on any atom is 0.222 e. The molecule has 0 aliphatic heterocycles. The van der Waals surface area contributed by atoms with Crippen LogP contribution in [0.4, 0.5) is 11.4 Å². The van der Waals surface area contributed by atoms with Crippen molar-refractivity contribution in [2.24, 2.45) is 0 Å². The number of anilines is 2. The van der Waals surface area contributed by atoms with Crippen molar-refractivity contribution in [1.82, 2.24) is 30.6 Å². The van der Waals surface area contributed by atoms with Crippen LogP contribution in [0.25, 0.3) is 11.3 Å². The molecule has 0 radical (unpaired) electrons. The van der Waals surface area contributed by atoms with Crippen LogP contribution in [0.5, 0.6) is 5.88 Å².